The number of hydrogen-bond acceptors (Lipinski definition) is 5. The number of benzene rings is 1. The molecule has 7 heteroatoms. The lowest BCUT2D eigenvalue weighted by Gasteiger charge is -2.38. The Hall–Kier alpha value is -2.21. The van der Waals surface area contributed by atoms with Gasteiger partial charge in [-0.05, 0) is 63.8 Å². The van der Waals surface area contributed by atoms with Crippen molar-refractivity contribution in [3.8, 4) is 11.5 Å². The van der Waals surface area contributed by atoms with E-state index in [1.54, 1.807) is 18.2 Å². The Morgan fingerprint density at radius 3 is 2.54 bits per heavy atom. The summed E-state index contributed by atoms with van der Waals surface area (Å²) in [6.07, 6.45) is 5.90. The van der Waals surface area contributed by atoms with Gasteiger partial charge in [-0.3, -0.25) is 4.79 Å². The van der Waals surface area contributed by atoms with Crippen molar-refractivity contribution in [3.05, 3.63) is 28.8 Å². The van der Waals surface area contributed by atoms with E-state index in [-0.39, 0.29) is 24.6 Å². The van der Waals surface area contributed by atoms with Gasteiger partial charge < -0.3 is 19.1 Å². The molecule has 28 heavy (non-hydrogen) atoms. The van der Waals surface area contributed by atoms with Gasteiger partial charge in [-0.2, -0.15) is 0 Å². The Kier molecular flexibility index (Phi) is 8.18. The first-order valence-corrected chi connectivity index (χ1v) is 9.91. The number of carbonyl (C=O) groups excluding carboxylic acids is 2. The van der Waals surface area contributed by atoms with Crippen LogP contribution in [0.4, 0.5) is 0 Å². The molecule has 1 heterocycles. The molecule has 1 aromatic rings. The van der Waals surface area contributed by atoms with Crippen LogP contribution in [0.3, 0.4) is 0 Å². The fourth-order valence-corrected chi connectivity index (χ4v) is 3.77. The molecule has 0 saturated carbocycles. The Morgan fingerprint density at radius 2 is 1.93 bits per heavy atom. The van der Waals surface area contributed by atoms with E-state index in [0.717, 1.165) is 19.3 Å². The molecule has 1 saturated heterocycles. The van der Waals surface area contributed by atoms with Gasteiger partial charge in [0.15, 0.2) is 18.1 Å². The molecule has 1 aromatic carbocycles. The minimum atomic E-state index is -0.587. The zero-order valence-electron chi connectivity index (χ0n) is 16.9. The summed E-state index contributed by atoms with van der Waals surface area (Å²) in [4.78, 5) is 26.2. The number of likely N-dealkylation sites (tertiary alicyclic amines) is 1. The number of piperidine rings is 1. The van der Waals surface area contributed by atoms with Crippen LogP contribution in [0.1, 0.15) is 45.6 Å². The summed E-state index contributed by atoms with van der Waals surface area (Å²) in [7, 11) is 1.51. The van der Waals surface area contributed by atoms with Gasteiger partial charge in [0.1, 0.15) is 0 Å². The molecule has 1 amide bonds. The Morgan fingerprint density at radius 1 is 1.25 bits per heavy atom. The maximum Gasteiger partial charge on any atom is 0.331 e. The largest absolute Gasteiger partial charge is 0.491 e. The molecule has 0 aromatic heterocycles. The summed E-state index contributed by atoms with van der Waals surface area (Å²) in [5.74, 6) is 0.190. The third-order valence-electron chi connectivity index (χ3n) is 4.77. The Bertz CT molecular complexity index is 724. The van der Waals surface area contributed by atoms with E-state index in [1.807, 2.05) is 25.7 Å². The van der Waals surface area contributed by atoms with Crippen molar-refractivity contribution in [1.82, 2.24) is 4.90 Å². The number of methoxy groups -OCH3 is 1. The Balaban J connectivity index is 1.97. The monoisotopic (exact) mass is 409 g/mol. The molecule has 1 aliphatic heterocycles. The molecule has 0 N–H and O–H groups in total. The average molecular weight is 410 g/mol. The van der Waals surface area contributed by atoms with Crippen LogP contribution in [-0.2, 0) is 14.3 Å². The molecule has 2 atom stereocenters. The van der Waals surface area contributed by atoms with Gasteiger partial charge >= 0.3 is 5.97 Å². The quantitative estimate of drug-likeness (QED) is 0.501. The molecular formula is C21H28ClNO5. The van der Waals surface area contributed by atoms with Crippen molar-refractivity contribution in [2.75, 3.05) is 20.3 Å². The third kappa shape index (κ3) is 5.64. The van der Waals surface area contributed by atoms with Gasteiger partial charge in [-0.15, -0.1) is 0 Å². The minimum Gasteiger partial charge on any atom is -0.491 e. The van der Waals surface area contributed by atoms with Gasteiger partial charge in [-0.1, -0.05) is 11.6 Å². The van der Waals surface area contributed by atoms with Gasteiger partial charge in [0.05, 0.1) is 18.7 Å². The summed E-state index contributed by atoms with van der Waals surface area (Å²) >= 11 is 6.20. The first-order valence-electron chi connectivity index (χ1n) is 9.53. The van der Waals surface area contributed by atoms with Crippen LogP contribution in [-0.4, -0.2) is 49.2 Å². The van der Waals surface area contributed by atoms with Gasteiger partial charge in [-0.25, -0.2) is 4.79 Å². The maximum atomic E-state index is 12.4. The zero-order chi connectivity index (χ0) is 20.7. The average Bonchev–Trinajstić information content (AvgIpc) is 2.64. The highest BCUT2D eigenvalue weighted by Gasteiger charge is 2.29. The second kappa shape index (κ2) is 10.4. The molecule has 1 aliphatic rings. The summed E-state index contributed by atoms with van der Waals surface area (Å²) < 4.78 is 15.9. The van der Waals surface area contributed by atoms with Crippen molar-refractivity contribution in [3.63, 3.8) is 0 Å². The van der Waals surface area contributed by atoms with E-state index in [4.69, 9.17) is 25.8 Å². The number of amides is 1. The van der Waals surface area contributed by atoms with Crippen LogP contribution in [0.5, 0.6) is 11.5 Å². The van der Waals surface area contributed by atoms with Crippen LogP contribution in [0.2, 0.25) is 5.02 Å². The molecule has 0 aliphatic carbocycles. The van der Waals surface area contributed by atoms with E-state index < -0.39 is 5.97 Å². The van der Waals surface area contributed by atoms with Gasteiger partial charge in [0, 0.05) is 18.2 Å². The lowest BCUT2D eigenvalue weighted by molar-refractivity contribution is -0.151. The normalized spacial score (nSPS) is 19.5. The van der Waals surface area contributed by atoms with Crippen molar-refractivity contribution in [1.29, 1.82) is 0 Å². The van der Waals surface area contributed by atoms with Crippen molar-refractivity contribution in [2.45, 2.75) is 52.1 Å². The SMILES string of the molecule is CCOc1cc(/C=C/C(=O)OCC(=O)N2[C@H](C)CCC[C@@H]2C)cc(Cl)c1OC. The summed E-state index contributed by atoms with van der Waals surface area (Å²) in [5.41, 5.74) is 0.663. The van der Waals surface area contributed by atoms with Gasteiger partial charge in [0.2, 0.25) is 0 Å². The number of ether oxygens (including phenoxy) is 3. The number of halogens is 1. The van der Waals surface area contributed by atoms with E-state index in [0.29, 0.717) is 28.7 Å². The second-order valence-electron chi connectivity index (χ2n) is 6.84. The molecule has 2 rings (SSSR count). The van der Waals surface area contributed by atoms with Crippen molar-refractivity contribution < 1.29 is 23.8 Å². The molecular weight excluding hydrogens is 382 g/mol. The lowest BCUT2D eigenvalue weighted by atomic mass is 9.97. The highest BCUT2D eigenvalue weighted by Crippen LogP contribution is 2.36. The number of nitrogens with zero attached hydrogens (tertiary/aromatic N) is 1. The highest BCUT2D eigenvalue weighted by atomic mass is 35.5. The van der Waals surface area contributed by atoms with Crippen LogP contribution in [0.25, 0.3) is 6.08 Å². The molecule has 0 radical (unpaired) electrons. The summed E-state index contributed by atoms with van der Waals surface area (Å²) in [6.45, 7) is 6.11. The molecule has 1 fully saturated rings. The lowest BCUT2D eigenvalue weighted by Crippen LogP contribution is -2.49. The predicted molar refractivity (Wildman–Crippen MR) is 109 cm³/mol. The zero-order valence-corrected chi connectivity index (χ0v) is 17.6. The van der Waals surface area contributed by atoms with E-state index in [9.17, 15) is 9.59 Å². The molecule has 0 bridgehead atoms. The number of hydrogen-bond donors (Lipinski definition) is 0. The first kappa shape index (κ1) is 22.1. The number of esters is 1. The van der Waals surface area contributed by atoms with Crippen LogP contribution in [0, 0.1) is 0 Å². The van der Waals surface area contributed by atoms with Crippen LogP contribution in [0.15, 0.2) is 18.2 Å². The van der Waals surface area contributed by atoms with E-state index in [2.05, 4.69) is 0 Å². The number of rotatable bonds is 7. The maximum absolute atomic E-state index is 12.4. The smallest absolute Gasteiger partial charge is 0.331 e. The van der Waals surface area contributed by atoms with Gasteiger partial charge in [0.25, 0.3) is 5.91 Å². The second-order valence-corrected chi connectivity index (χ2v) is 7.25. The Labute approximate surface area is 171 Å². The molecule has 0 spiro atoms. The fourth-order valence-electron chi connectivity index (χ4n) is 3.48. The van der Waals surface area contributed by atoms with E-state index in [1.165, 1.54) is 13.2 Å². The molecule has 0 unspecified atom stereocenters. The topological polar surface area (TPSA) is 65.1 Å². The van der Waals surface area contributed by atoms with Crippen LogP contribution < -0.4 is 9.47 Å². The number of carbonyl (C=O) groups is 2. The van der Waals surface area contributed by atoms with Crippen molar-refractivity contribution in [2.24, 2.45) is 0 Å². The minimum absolute atomic E-state index is 0.160. The standard InChI is InChI=1S/C21H28ClNO5/c1-5-27-18-12-16(11-17(22)21(18)26-4)9-10-20(25)28-13-19(24)23-14(2)7-6-8-15(23)3/h9-12,14-15H,5-8,13H2,1-4H3/b10-9+/t14-,15+. The summed E-state index contributed by atoms with van der Waals surface area (Å²) in [5, 5.41) is 0.379. The first-order chi connectivity index (χ1) is 13.4. The molecule has 154 valence electrons. The highest BCUT2D eigenvalue weighted by molar-refractivity contribution is 6.32. The molecule has 6 nitrogen and oxygen atoms in total. The van der Waals surface area contributed by atoms with Crippen LogP contribution >= 0.6 is 11.6 Å². The van der Waals surface area contributed by atoms with E-state index >= 15 is 0 Å². The predicted octanol–water partition coefficient (Wildman–Crippen LogP) is 4.09. The summed E-state index contributed by atoms with van der Waals surface area (Å²) in [6, 6.07) is 3.72. The fraction of sp³-hybridized carbons (Fsp3) is 0.524. The van der Waals surface area contributed by atoms with Crippen molar-refractivity contribution >= 4 is 29.6 Å². The third-order valence-corrected chi connectivity index (χ3v) is 5.05.